The fraction of sp³-hybridized carbons (Fsp3) is 0.632. The molecule has 1 aromatic carbocycles. The van der Waals surface area contributed by atoms with Crippen molar-refractivity contribution >= 4 is 5.96 Å². The molecule has 3 N–H and O–H groups in total. The summed E-state index contributed by atoms with van der Waals surface area (Å²) in [5, 5.41) is 3.22. The van der Waals surface area contributed by atoms with Crippen molar-refractivity contribution in [1.82, 2.24) is 10.2 Å². The number of piperidine rings is 1. The maximum atomic E-state index is 5.87. The molecule has 4 heteroatoms. The third-order valence-corrected chi connectivity index (χ3v) is 4.73. The maximum absolute atomic E-state index is 5.87. The predicted octanol–water partition coefficient (Wildman–Crippen LogP) is 2.73. The topological polar surface area (TPSA) is 53.6 Å². The van der Waals surface area contributed by atoms with Crippen LogP contribution in [-0.2, 0) is 13.1 Å². The number of likely N-dealkylation sites (tertiary alicyclic amines) is 1. The van der Waals surface area contributed by atoms with Gasteiger partial charge in [-0.05, 0) is 42.2 Å². The van der Waals surface area contributed by atoms with E-state index in [4.69, 9.17) is 5.73 Å². The van der Waals surface area contributed by atoms with E-state index in [0.29, 0.717) is 18.5 Å². The van der Waals surface area contributed by atoms with Crippen molar-refractivity contribution in [3.05, 3.63) is 35.4 Å². The van der Waals surface area contributed by atoms with Crippen LogP contribution >= 0.6 is 0 Å². The Bertz CT molecular complexity index is 523. The molecule has 2 unspecified atom stereocenters. The summed E-state index contributed by atoms with van der Waals surface area (Å²) >= 11 is 0. The molecule has 126 valence electrons. The van der Waals surface area contributed by atoms with Crippen molar-refractivity contribution in [3.8, 4) is 0 Å². The lowest BCUT2D eigenvalue weighted by atomic mass is 9.91. The minimum Gasteiger partial charge on any atom is -0.370 e. The van der Waals surface area contributed by atoms with Crippen LogP contribution in [0.4, 0.5) is 0 Å². The number of nitrogens with one attached hydrogen (secondary N) is 1. The first-order chi connectivity index (χ1) is 11.1. The molecule has 1 saturated carbocycles. The fourth-order valence-electron chi connectivity index (χ4n) is 3.59. The highest BCUT2D eigenvalue weighted by atomic mass is 15.1. The molecule has 4 nitrogen and oxygen atoms in total. The quantitative estimate of drug-likeness (QED) is 0.649. The summed E-state index contributed by atoms with van der Waals surface area (Å²) < 4.78 is 0. The Morgan fingerprint density at radius 1 is 1.13 bits per heavy atom. The summed E-state index contributed by atoms with van der Waals surface area (Å²) in [5.41, 5.74) is 8.48. The third-order valence-electron chi connectivity index (χ3n) is 4.73. The standard InChI is InChI=1S/C19H30N4/c1-14-9-15(2)12-23(11-14)13-17-5-3-16(4-6-17)10-21-19(20)22-18-7-8-18/h3-6,14-15,18H,7-13H2,1-2H3,(H3,20,21,22). The SMILES string of the molecule is CC1CC(C)CN(Cc2ccc(CN=C(N)NC3CC3)cc2)C1. The van der Waals surface area contributed by atoms with Crippen LogP contribution < -0.4 is 11.1 Å². The maximum Gasteiger partial charge on any atom is 0.189 e. The van der Waals surface area contributed by atoms with Crippen LogP contribution in [0.15, 0.2) is 29.3 Å². The predicted molar refractivity (Wildman–Crippen MR) is 96.1 cm³/mol. The van der Waals surface area contributed by atoms with Gasteiger partial charge in [0.1, 0.15) is 0 Å². The fourth-order valence-corrected chi connectivity index (χ4v) is 3.59. The average Bonchev–Trinajstić information content (AvgIpc) is 3.29. The molecule has 0 amide bonds. The van der Waals surface area contributed by atoms with E-state index in [2.05, 4.69) is 53.3 Å². The monoisotopic (exact) mass is 314 g/mol. The Morgan fingerprint density at radius 2 is 1.74 bits per heavy atom. The smallest absolute Gasteiger partial charge is 0.189 e. The van der Waals surface area contributed by atoms with E-state index in [1.165, 1.54) is 43.5 Å². The summed E-state index contributed by atoms with van der Waals surface area (Å²) in [6.45, 7) is 8.89. The molecule has 3 rings (SSSR count). The zero-order valence-electron chi connectivity index (χ0n) is 14.5. The zero-order chi connectivity index (χ0) is 16.2. The highest BCUT2D eigenvalue weighted by Gasteiger charge is 2.22. The summed E-state index contributed by atoms with van der Waals surface area (Å²) in [5.74, 6) is 2.21. The van der Waals surface area contributed by atoms with E-state index < -0.39 is 0 Å². The van der Waals surface area contributed by atoms with Crippen LogP contribution in [0.1, 0.15) is 44.2 Å². The van der Waals surface area contributed by atoms with Gasteiger partial charge in [-0.2, -0.15) is 0 Å². The molecule has 2 aliphatic rings. The van der Waals surface area contributed by atoms with Crippen molar-refractivity contribution in [1.29, 1.82) is 0 Å². The Morgan fingerprint density at radius 3 is 2.35 bits per heavy atom. The molecule has 0 bridgehead atoms. The molecule has 0 spiro atoms. The van der Waals surface area contributed by atoms with E-state index in [-0.39, 0.29) is 0 Å². The van der Waals surface area contributed by atoms with Crippen molar-refractivity contribution in [2.75, 3.05) is 13.1 Å². The molecule has 0 radical (unpaired) electrons. The van der Waals surface area contributed by atoms with Gasteiger partial charge in [0.2, 0.25) is 0 Å². The minimum absolute atomic E-state index is 0.565. The van der Waals surface area contributed by atoms with Crippen LogP contribution in [0.25, 0.3) is 0 Å². The largest absolute Gasteiger partial charge is 0.370 e. The van der Waals surface area contributed by atoms with Crippen molar-refractivity contribution in [3.63, 3.8) is 0 Å². The summed E-state index contributed by atoms with van der Waals surface area (Å²) in [6, 6.07) is 9.40. The summed E-state index contributed by atoms with van der Waals surface area (Å²) in [4.78, 5) is 7.00. The van der Waals surface area contributed by atoms with Crippen molar-refractivity contribution in [2.24, 2.45) is 22.6 Å². The number of guanidine groups is 1. The molecule has 1 heterocycles. The van der Waals surface area contributed by atoms with Gasteiger partial charge in [0, 0.05) is 25.7 Å². The van der Waals surface area contributed by atoms with Gasteiger partial charge >= 0.3 is 0 Å². The Balaban J connectivity index is 1.50. The molecule has 23 heavy (non-hydrogen) atoms. The Kier molecular flexibility index (Phi) is 5.21. The molecule has 2 fully saturated rings. The van der Waals surface area contributed by atoms with E-state index in [0.717, 1.165) is 18.4 Å². The lowest BCUT2D eigenvalue weighted by Gasteiger charge is -2.35. The van der Waals surface area contributed by atoms with Crippen LogP contribution in [0.5, 0.6) is 0 Å². The molecular formula is C19H30N4. The second-order valence-corrected chi connectivity index (χ2v) is 7.58. The zero-order valence-corrected chi connectivity index (χ0v) is 14.5. The Hall–Kier alpha value is -1.55. The first-order valence-electron chi connectivity index (χ1n) is 8.95. The number of hydrogen-bond donors (Lipinski definition) is 2. The Labute approximate surface area is 140 Å². The van der Waals surface area contributed by atoms with Crippen LogP contribution in [0, 0.1) is 11.8 Å². The number of nitrogens with zero attached hydrogens (tertiary/aromatic N) is 2. The molecule has 1 aliphatic heterocycles. The number of hydrogen-bond acceptors (Lipinski definition) is 2. The van der Waals surface area contributed by atoms with E-state index >= 15 is 0 Å². The third kappa shape index (κ3) is 5.24. The van der Waals surface area contributed by atoms with Gasteiger partial charge in [0.25, 0.3) is 0 Å². The van der Waals surface area contributed by atoms with Crippen LogP contribution in [0.2, 0.25) is 0 Å². The minimum atomic E-state index is 0.565. The normalized spacial score (nSPS) is 26.3. The van der Waals surface area contributed by atoms with Crippen molar-refractivity contribution in [2.45, 2.75) is 52.2 Å². The summed E-state index contributed by atoms with van der Waals surface area (Å²) in [6.07, 6.45) is 3.81. The second-order valence-electron chi connectivity index (χ2n) is 7.58. The number of benzene rings is 1. The highest BCUT2D eigenvalue weighted by molar-refractivity contribution is 5.78. The highest BCUT2D eigenvalue weighted by Crippen LogP contribution is 2.22. The van der Waals surface area contributed by atoms with Gasteiger partial charge in [0.15, 0.2) is 5.96 Å². The first kappa shape index (κ1) is 16.3. The van der Waals surface area contributed by atoms with Gasteiger partial charge in [-0.25, -0.2) is 4.99 Å². The second kappa shape index (κ2) is 7.35. The van der Waals surface area contributed by atoms with Gasteiger partial charge in [-0.1, -0.05) is 38.1 Å². The van der Waals surface area contributed by atoms with E-state index in [1.54, 1.807) is 0 Å². The number of aliphatic imine (C=N–C) groups is 1. The van der Waals surface area contributed by atoms with E-state index in [9.17, 15) is 0 Å². The van der Waals surface area contributed by atoms with Gasteiger partial charge in [0.05, 0.1) is 6.54 Å². The van der Waals surface area contributed by atoms with Crippen LogP contribution in [0.3, 0.4) is 0 Å². The summed E-state index contributed by atoms with van der Waals surface area (Å²) in [7, 11) is 0. The van der Waals surface area contributed by atoms with Crippen molar-refractivity contribution < 1.29 is 0 Å². The number of rotatable bonds is 5. The molecule has 1 aliphatic carbocycles. The average molecular weight is 314 g/mol. The van der Waals surface area contributed by atoms with E-state index in [1.807, 2.05) is 0 Å². The lowest BCUT2D eigenvalue weighted by molar-refractivity contribution is 0.134. The van der Waals surface area contributed by atoms with Gasteiger partial charge in [-0.3, -0.25) is 4.90 Å². The molecular weight excluding hydrogens is 284 g/mol. The lowest BCUT2D eigenvalue weighted by Crippen LogP contribution is -2.38. The molecule has 1 aromatic rings. The first-order valence-corrected chi connectivity index (χ1v) is 8.95. The molecule has 1 saturated heterocycles. The molecule has 0 aromatic heterocycles. The van der Waals surface area contributed by atoms with Gasteiger partial charge in [-0.15, -0.1) is 0 Å². The van der Waals surface area contributed by atoms with Crippen LogP contribution in [-0.4, -0.2) is 30.0 Å². The number of nitrogens with two attached hydrogens (primary N) is 1. The molecule has 2 atom stereocenters. The van der Waals surface area contributed by atoms with Gasteiger partial charge < -0.3 is 11.1 Å².